The fourth-order valence-electron chi connectivity index (χ4n) is 2.47. The van der Waals surface area contributed by atoms with E-state index in [2.05, 4.69) is 4.72 Å². The van der Waals surface area contributed by atoms with Gasteiger partial charge in [0.25, 0.3) is 10.0 Å². The molecule has 0 aromatic heterocycles. The van der Waals surface area contributed by atoms with Crippen molar-refractivity contribution in [3.8, 4) is 5.75 Å². The number of hydrogen-bond acceptors (Lipinski definition) is 5. The molecule has 9 heteroatoms. The first-order valence-corrected chi connectivity index (χ1v) is 10.4. The Morgan fingerprint density at radius 1 is 1.04 bits per heavy atom. The summed E-state index contributed by atoms with van der Waals surface area (Å²) in [7, 11) is -2.59. The van der Waals surface area contributed by atoms with Crippen LogP contribution in [0.3, 0.4) is 0 Å². The van der Waals surface area contributed by atoms with Crippen LogP contribution < -0.4 is 14.4 Å². The lowest BCUT2D eigenvalue weighted by atomic mass is 10.2. The van der Waals surface area contributed by atoms with Crippen molar-refractivity contribution in [3.63, 3.8) is 0 Å². The minimum absolute atomic E-state index is 0.0783. The number of benzene rings is 2. The molecule has 0 bridgehead atoms. The maximum Gasteiger partial charge on any atom is 0.261 e. The molecule has 2 rings (SSSR count). The highest BCUT2D eigenvalue weighted by atomic mass is 35.5. The summed E-state index contributed by atoms with van der Waals surface area (Å²) in [6.07, 6.45) is 0.157. The molecule has 2 amide bonds. The van der Waals surface area contributed by atoms with E-state index in [0.717, 1.165) is 4.90 Å². The molecule has 0 saturated heterocycles. The fourth-order valence-corrected chi connectivity index (χ4v) is 3.67. The van der Waals surface area contributed by atoms with Gasteiger partial charge in [0.05, 0.1) is 17.7 Å². The summed E-state index contributed by atoms with van der Waals surface area (Å²) < 4.78 is 33.2. The zero-order chi connectivity index (χ0) is 20.9. The van der Waals surface area contributed by atoms with Crippen LogP contribution in [0.5, 0.6) is 5.75 Å². The smallest absolute Gasteiger partial charge is 0.261 e. The van der Waals surface area contributed by atoms with Crippen molar-refractivity contribution in [2.24, 2.45) is 0 Å². The number of nitrogens with one attached hydrogen (secondary N) is 1. The molecule has 2 aromatic carbocycles. The number of amides is 2. The highest BCUT2D eigenvalue weighted by molar-refractivity contribution is 7.92. The second-order valence-electron chi connectivity index (χ2n) is 5.78. The van der Waals surface area contributed by atoms with Gasteiger partial charge in [0.1, 0.15) is 5.75 Å². The minimum atomic E-state index is -3.97. The van der Waals surface area contributed by atoms with E-state index in [0.29, 0.717) is 10.7 Å². The van der Waals surface area contributed by atoms with Crippen LogP contribution in [0, 0.1) is 0 Å². The van der Waals surface area contributed by atoms with Gasteiger partial charge in [0, 0.05) is 23.6 Å². The Hall–Kier alpha value is -2.58. The van der Waals surface area contributed by atoms with E-state index < -0.39 is 21.8 Å². The molecule has 0 aliphatic rings. The van der Waals surface area contributed by atoms with E-state index in [9.17, 15) is 18.0 Å². The SMILES string of the molecule is CCC(=O)N(C(=O)CC)c1cc(S(=O)(=O)Nc2ccc(Cl)cc2)ccc1OC. The second kappa shape index (κ2) is 9.07. The van der Waals surface area contributed by atoms with Crippen molar-refractivity contribution >= 4 is 44.8 Å². The van der Waals surface area contributed by atoms with Crippen molar-refractivity contribution in [1.82, 2.24) is 0 Å². The molecule has 0 aliphatic heterocycles. The Labute approximate surface area is 169 Å². The molecule has 0 unspecified atom stereocenters. The number of anilines is 2. The number of ether oxygens (including phenoxy) is 1. The monoisotopic (exact) mass is 424 g/mol. The van der Waals surface area contributed by atoms with Crippen molar-refractivity contribution in [2.75, 3.05) is 16.7 Å². The van der Waals surface area contributed by atoms with Crippen LogP contribution >= 0.6 is 11.6 Å². The highest BCUT2D eigenvalue weighted by Crippen LogP contribution is 2.32. The third-order valence-corrected chi connectivity index (χ3v) is 5.53. The molecule has 0 saturated carbocycles. The summed E-state index contributed by atoms with van der Waals surface area (Å²) in [5.74, 6) is -0.690. The number of imide groups is 1. The Morgan fingerprint density at radius 3 is 2.11 bits per heavy atom. The molecule has 0 heterocycles. The van der Waals surface area contributed by atoms with E-state index in [1.54, 1.807) is 26.0 Å². The molecular weight excluding hydrogens is 404 g/mol. The van der Waals surface area contributed by atoms with Crippen molar-refractivity contribution in [3.05, 3.63) is 47.5 Å². The van der Waals surface area contributed by atoms with Gasteiger partial charge >= 0.3 is 0 Å². The van der Waals surface area contributed by atoms with Crippen LogP contribution in [0.25, 0.3) is 0 Å². The number of sulfonamides is 1. The van der Waals surface area contributed by atoms with Crippen LogP contribution in [0.1, 0.15) is 26.7 Å². The summed E-state index contributed by atoms with van der Waals surface area (Å²) >= 11 is 5.82. The molecule has 150 valence electrons. The maximum atomic E-state index is 12.8. The molecule has 0 atom stereocenters. The first-order chi connectivity index (χ1) is 13.2. The summed E-state index contributed by atoms with van der Waals surface area (Å²) in [4.78, 5) is 25.5. The third-order valence-electron chi connectivity index (χ3n) is 3.90. The second-order valence-corrected chi connectivity index (χ2v) is 7.89. The summed E-state index contributed by atoms with van der Waals surface area (Å²) in [6.45, 7) is 3.24. The molecule has 28 heavy (non-hydrogen) atoms. The van der Waals surface area contributed by atoms with Gasteiger partial charge in [0.15, 0.2) is 0 Å². The average molecular weight is 425 g/mol. The van der Waals surface area contributed by atoms with Crippen LogP contribution in [0.2, 0.25) is 5.02 Å². The lowest BCUT2D eigenvalue weighted by molar-refractivity contribution is -0.126. The molecular formula is C19H21ClN2O5S. The molecule has 2 aromatic rings. The lowest BCUT2D eigenvalue weighted by Crippen LogP contribution is -2.36. The van der Waals surface area contributed by atoms with Gasteiger partial charge in [-0.25, -0.2) is 13.3 Å². The summed E-state index contributed by atoms with van der Waals surface area (Å²) in [6, 6.07) is 10.2. The van der Waals surface area contributed by atoms with Crippen molar-refractivity contribution < 1.29 is 22.7 Å². The number of rotatable bonds is 7. The summed E-state index contributed by atoms with van der Waals surface area (Å²) in [5.41, 5.74) is 0.410. The van der Waals surface area contributed by atoms with E-state index in [1.807, 2.05) is 0 Å². The zero-order valence-electron chi connectivity index (χ0n) is 15.7. The number of nitrogens with zero attached hydrogens (tertiary/aromatic N) is 1. The minimum Gasteiger partial charge on any atom is -0.495 e. The normalized spacial score (nSPS) is 11.0. The molecule has 1 N–H and O–H groups in total. The van der Waals surface area contributed by atoms with Gasteiger partial charge in [-0.15, -0.1) is 0 Å². The van der Waals surface area contributed by atoms with E-state index in [4.69, 9.17) is 16.3 Å². The predicted octanol–water partition coefficient (Wildman–Crippen LogP) is 3.83. The van der Waals surface area contributed by atoms with Gasteiger partial charge in [-0.05, 0) is 42.5 Å². The van der Waals surface area contributed by atoms with Gasteiger partial charge in [-0.2, -0.15) is 0 Å². The standard InChI is InChI=1S/C19H21ClN2O5S/c1-4-18(23)22(19(24)5-2)16-12-15(10-11-17(16)27-3)28(25,26)21-14-8-6-13(20)7-9-14/h6-12,21H,4-5H2,1-3H3. The number of carbonyl (C=O) groups excluding carboxylic acids is 2. The quantitative estimate of drug-likeness (QED) is 0.729. The van der Waals surface area contributed by atoms with Crippen molar-refractivity contribution in [2.45, 2.75) is 31.6 Å². The summed E-state index contributed by atoms with van der Waals surface area (Å²) in [5, 5.41) is 0.474. The van der Waals surface area contributed by atoms with Gasteiger partial charge in [-0.1, -0.05) is 25.4 Å². The molecule has 0 radical (unpaired) electrons. The van der Waals surface area contributed by atoms with E-state index in [-0.39, 0.29) is 29.2 Å². The molecule has 0 aliphatic carbocycles. The lowest BCUT2D eigenvalue weighted by Gasteiger charge is -2.23. The first kappa shape index (κ1) is 21.7. The number of methoxy groups -OCH3 is 1. The van der Waals surface area contributed by atoms with Crippen LogP contribution in [-0.2, 0) is 19.6 Å². The third kappa shape index (κ3) is 4.82. The number of carbonyl (C=O) groups is 2. The van der Waals surface area contributed by atoms with Gasteiger partial charge in [-0.3, -0.25) is 14.3 Å². The van der Waals surface area contributed by atoms with E-state index >= 15 is 0 Å². The number of hydrogen-bond donors (Lipinski definition) is 1. The average Bonchev–Trinajstić information content (AvgIpc) is 2.69. The zero-order valence-corrected chi connectivity index (χ0v) is 17.3. The Bertz CT molecular complexity index is 958. The maximum absolute atomic E-state index is 12.8. The Kier molecular flexibility index (Phi) is 7.04. The molecule has 0 spiro atoms. The Morgan fingerprint density at radius 2 is 1.61 bits per heavy atom. The molecule has 7 nitrogen and oxygen atoms in total. The largest absolute Gasteiger partial charge is 0.495 e. The van der Waals surface area contributed by atoms with Crippen LogP contribution in [0.15, 0.2) is 47.4 Å². The van der Waals surface area contributed by atoms with Gasteiger partial charge in [0.2, 0.25) is 11.8 Å². The van der Waals surface area contributed by atoms with E-state index in [1.165, 1.54) is 37.4 Å². The van der Waals surface area contributed by atoms with Crippen LogP contribution in [-0.4, -0.2) is 27.3 Å². The fraction of sp³-hybridized carbons (Fsp3) is 0.263. The predicted molar refractivity (Wildman–Crippen MR) is 108 cm³/mol. The van der Waals surface area contributed by atoms with Crippen LogP contribution in [0.4, 0.5) is 11.4 Å². The molecule has 0 fully saturated rings. The Balaban J connectivity index is 2.51. The van der Waals surface area contributed by atoms with Crippen molar-refractivity contribution in [1.29, 1.82) is 0 Å². The number of halogens is 1. The highest BCUT2D eigenvalue weighted by Gasteiger charge is 2.26. The topological polar surface area (TPSA) is 92.8 Å². The first-order valence-electron chi connectivity index (χ1n) is 8.55. The van der Waals surface area contributed by atoms with Gasteiger partial charge < -0.3 is 4.74 Å².